The molecule has 0 atom stereocenters. The lowest BCUT2D eigenvalue weighted by Crippen LogP contribution is -1.99. The van der Waals surface area contributed by atoms with Gasteiger partial charge in [-0.25, -0.2) is 9.97 Å². The summed E-state index contributed by atoms with van der Waals surface area (Å²) in [5.74, 6) is 1.95. The number of hydrogen-bond donors (Lipinski definition) is 2. The molecule has 0 saturated carbocycles. The number of aromatic nitrogens is 2. The maximum Gasteiger partial charge on any atom is 0.150 e. The van der Waals surface area contributed by atoms with Gasteiger partial charge in [-0.3, -0.25) is 5.43 Å². The first-order chi connectivity index (χ1) is 12.7. The van der Waals surface area contributed by atoms with Crippen LogP contribution in [0.4, 0.5) is 5.82 Å². The van der Waals surface area contributed by atoms with E-state index in [0.717, 1.165) is 11.3 Å². The quantitative estimate of drug-likeness (QED) is 0.520. The van der Waals surface area contributed by atoms with Crippen LogP contribution in [0, 0.1) is 6.92 Å². The highest BCUT2D eigenvalue weighted by atomic mass is 16.5. The highest BCUT2D eigenvalue weighted by Gasteiger charge is 2.04. The van der Waals surface area contributed by atoms with Crippen LogP contribution in [0.15, 0.2) is 59.7 Å². The molecule has 0 spiro atoms. The number of anilines is 1. The molecule has 6 nitrogen and oxygen atoms in total. The Morgan fingerprint density at radius 1 is 1.12 bits per heavy atom. The maximum atomic E-state index is 10.0. The molecule has 3 rings (SSSR count). The van der Waals surface area contributed by atoms with Crippen LogP contribution in [-0.4, -0.2) is 27.9 Å². The molecule has 0 amide bonds. The summed E-state index contributed by atoms with van der Waals surface area (Å²) >= 11 is 0. The van der Waals surface area contributed by atoms with Gasteiger partial charge in [-0.15, -0.1) is 0 Å². The van der Waals surface area contributed by atoms with Gasteiger partial charge in [0.05, 0.1) is 18.5 Å². The van der Waals surface area contributed by atoms with E-state index in [9.17, 15) is 5.11 Å². The number of rotatable bonds is 6. The van der Waals surface area contributed by atoms with Crippen molar-refractivity contribution in [3.8, 4) is 22.8 Å². The van der Waals surface area contributed by atoms with Crippen molar-refractivity contribution in [2.24, 2.45) is 5.10 Å². The van der Waals surface area contributed by atoms with Crippen LogP contribution in [-0.2, 0) is 0 Å². The van der Waals surface area contributed by atoms with E-state index in [0.29, 0.717) is 29.6 Å². The number of benzene rings is 2. The predicted molar refractivity (Wildman–Crippen MR) is 103 cm³/mol. The van der Waals surface area contributed by atoms with Gasteiger partial charge in [-0.2, -0.15) is 5.10 Å². The SMILES string of the molecule is CCOc1ccc(/C=N/Nc2cc(-c3ccccc3)nc(C)n2)c(O)c1. The van der Waals surface area contributed by atoms with Crippen LogP contribution in [0.1, 0.15) is 18.3 Å². The second kappa shape index (κ2) is 8.11. The van der Waals surface area contributed by atoms with Gasteiger partial charge in [-0.1, -0.05) is 30.3 Å². The standard InChI is InChI=1S/C20H20N4O2/c1-3-26-17-10-9-16(19(25)11-17)13-21-24-20-12-18(22-14(2)23-20)15-7-5-4-6-8-15/h4-13,25H,3H2,1-2H3,(H,22,23,24)/b21-13+. The minimum absolute atomic E-state index is 0.102. The summed E-state index contributed by atoms with van der Waals surface area (Å²) in [7, 11) is 0. The molecule has 0 aliphatic rings. The van der Waals surface area contributed by atoms with E-state index < -0.39 is 0 Å². The number of hydrogen-bond acceptors (Lipinski definition) is 6. The minimum atomic E-state index is 0.102. The lowest BCUT2D eigenvalue weighted by molar-refractivity contribution is 0.337. The highest BCUT2D eigenvalue weighted by Crippen LogP contribution is 2.23. The first-order valence-electron chi connectivity index (χ1n) is 8.31. The van der Waals surface area contributed by atoms with E-state index in [4.69, 9.17) is 4.74 Å². The Morgan fingerprint density at radius 3 is 2.65 bits per heavy atom. The summed E-state index contributed by atoms with van der Waals surface area (Å²) in [6.45, 7) is 4.27. The van der Waals surface area contributed by atoms with Gasteiger partial charge < -0.3 is 9.84 Å². The van der Waals surface area contributed by atoms with Crippen molar-refractivity contribution in [3.63, 3.8) is 0 Å². The van der Waals surface area contributed by atoms with Crippen LogP contribution in [0.2, 0.25) is 0 Å². The zero-order chi connectivity index (χ0) is 18.4. The fourth-order valence-electron chi connectivity index (χ4n) is 2.44. The molecule has 1 aromatic heterocycles. The molecule has 0 fully saturated rings. The lowest BCUT2D eigenvalue weighted by Gasteiger charge is -2.06. The number of hydrazone groups is 1. The first kappa shape index (κ1) is 17.4. The summed E-state index contributed by atoms with van der Waals surface area (Å²) in [5, 5.41) is 14.2. The van der Waals surface area contributed by atoms with E-state index in [2.05, 4.69) is 20.5 Å². The van der Waals surface area contributed by atoms with Crippen LogP contribution in [0.5, 0.6) is 11.5 Å². The number of phenolic OH excluding ortho intramolecular Hbond substituents is 1. The smallest absolute Gasteiger partial charge is 0.150 e. The molecule has 26 heavy (non-hydrogen) atoms. The average Bonchev–Trinajstić information content (AvgIpc) is 2.64. The molecule has 1 heterocycles. The Hall–Kier alpha value is -3.41. The number of nitrogens with zero attached hydrogens (tertiary/aromatic N) is 3. The fourth-order valence-corrected chi connectivity index (χ4v) is 2.44. The predicted octanol–water partition coefficient (Wildman–Crippen LogP) is 4.00. The molecule has 2 aromatic carbocycles. The third-order valence-corrected chi connectivity index (χ3v) is 3.60. The van der Waals surface area contributed by atoms with Gasteiger partial charge in [0.25, 0.3) is 0 Å². The normalized spacial score (nSPS) is 10.8. The van der Waals surface area contributed by atoms with Crippen molar-refractivity contribution in [1.82, 2.24) is 9.97 Å². The number of nitrogens with one attached hydrogen (secondary N) is 1. The molecule has 132 valence electrons. The largest absolute Gasteiger partial charge is 0.507 e. The van der Waals surface area contributed by atoms with Crippen molar-refractivity contribution in [1.29, 1.82) is 0 Å². The topological polar surface area (TPSA) is 79.6 Å². The van der Waals surface area contributed by atoms with Crippen LogP contribution >= 0.6 is 0 Å². The lowest BCUT2D eigenvalue weighted by atomic mass is 10.1. The Morgan fingerprint density at radius 2 is 1.92 bits per heavy atom. The van der Waals surface area contributed by atoms with Gasteiger partial charge in [-0.05, 0) is 26.0 Å². The summed E-state index contributed by atoms with van der Waals surface area (Å²) in [6.07, 6.45) is 1.53. The molecule has 3 aromatic rings. The number of aromatic hydroxyl groups is 1. The van der Waals surface area contributed by atoms with Gasteiger partial charge >= 0.3 is 0 Å². The maximum absolute atomic E-state index is 10.0. The van der Waals surface area contributed by atoms with E-state index in [1.54, 1.807) is 18.2 Å². The third-order valence-electron chi connectivity index (χ3n) is 3.60. The fraction of sp³-hybridized carbons (Fsp3) is 0.150. The van der Waals surface area contributed by atoms with Crippen molar-refractivity contribution in [2.75, 3.05) is 12.0 Å². The third kappa shape index (κ3) is 4.36. The van der Waals surface area contributed by atoms with Gasteiger partial charge in [0.2, 0.25) is 0 Å². The molecular weight excluding hydrogens is 328 g/mol. The van der Waals surface area contributed by atoms with E-state index in [1.165, 1.54) is 6.21 Å². The molecule has 0 aliphatic carbocycles. The number of phenols is 1. The molecule has 0 radical (unpaired) electrons. The van der Waals surface area contributed by atoms with Gasteiger partial charge in [0.1, 0.15) is 23.1 Å². The Kier molecular flexibility index (Phi) is 5.43. The van der Waals surface area contributed by atoms with Crippen molar-refractivity contribution < 1.29 is 9.84 Å². The van der Waals surface area contributed by atoms with Crippen molar-refractivity contribution in [3.05, 3.63) is 66.0 Å². The minimum Gasteiger partial charge on any atom is -0.507 e. The first-order valence-corrected chi connectivity index (χ1v) is 8.31. The second-order valence-corrected chi connectivity index (χ2v) is 5.58. The second-order valence-electron chi connectivity index (χ2n) is 5.58. The molecule has 6 heteroatoms. The van der Waals surface area contributed by atoms with Crippen LogP contribution in [0.3, 0.4) is 0 Å². The molecule has 0 bridgehead atoms. The van der Waals surface area contributed by atoms with E-state index >= 15 is 0 Å². The Labute approximate surface area is 152 Å². The highest BCUT2D eigenvalue weighted by molar-refractivity contribution is 5.84. The number of aryl methyl sites for hydroxylation is 1. The van der Waals surface area contributed by atoms with Crippen LogP contribution in [0.25, 0.3) is 11.3 Å². The summed E-state index contributed by atoms with van der Waals surface area (Å²) in [4.78, 5) is 8.79. The van der Waals surface area contributed by atoms with E-state index in [-0.39, 0.29) is 5.75 Å². The van der Waals surface area contributed by atoms with Gasteiger partial charge in [0, 0.05) is 23.3 Å². The van der Waals surface area contributed by atoms with Gasteiger partial charge in [0.15, 0.2) is 0 Å². The monoisotopic (exact) mass is 348 g/mol. The van der Waals surface area contributed by atoms with E-state index in [1.807, 2.05) is 50.2 Å². The Bertz CT molecular complexity index is 911. The molecule has 0 unspecified atom stereocenters. The molecule has 2 N–H and O–H groups in total. The number of ether oxygens (including phenoxy) is 1. The summed E-state index contributed by atoms with van der Waals surface area (Å²) < 4.78 is 5.35. The molecule has 0 aliphatic heterocycles. The summed E-state index contributed by atoms with van der Waals surface area (Å²) in [6, 6.07) is 16.8. The zero-order valence-corrected chi connectivity index (χ0v) is 14.7. The molecular formula is C20H20N4O2. The van der Waals surface area contributed by atoms with Crippen molar-refractivity contribution >= 4 is 12.0 Å². The van der Waals surface area contributed by atoms with Crippen LogP contribution < -0.4 is 10.2 Å². The average molecular weight is 348 g/mol. The van der Waals surface area contributed by atoms with Crippen molar-refractivity contribution in [2.45, 2.75) is 13.8 Å². The zero-order valence-electron chi connectivity index (χ0n) is 14.7. The Balaban J connectivity index is 1.75. The summed E-state index contributed by atoms with van der Waals surface area (Å²) in [5.41, 5.74) is 5.29. The molecule has 0 saturated heterocycles.